The fourth-order valence-corrected chi connectivity index (χ4v) is 2.98. The molecule has 0 bridgehead atoms. The van der Waals surface area contributed by atoms with Gasteiger partial charge >= 0.3 is 0 Å². The summed E-state index contributed by atoms with van der Waals surface area (Å²) >= 11 is 0. The van der Waals surface area contributed by atoms with Crippen LogP contribution >= 0.6 is 0 Å². The lowest BCUT2D eigenvalue weighted by molar-refractivity contribution is 0.203. The summed E-state index contributed by atoms with van der Waals surface area (Å²) in [7, 11) is 0. The number of phenols is 1. The highest BCUT2D eigenvalue weighted by atomic mass is 16.3. The van der Waals surface area contributed by atoms with Crippen molar-refractivity contribution in [2.45, 2.75) is 19.4 Å². The number of pyridine rings is 1. The molecule has 3 rings (SSSR count). The van der Waals surface area contributed by atoms with Crippen molar-refractivity contribution in [3.63, 3.8) is 0 Å². The number of nitrogens with zero attached hydrogens (tertiary/aromatic N) is 2. The number of benzene rings is 1. The van der Waals surface area contributed by atoms with Gasteiger partial charge in [-0.15, -0.1) is 0 Å². The quantitative estimate of drug-likeness (QED) is 0.791. The molecule has 0 atom stereocenters. The van der Waals surface area contributed by atoms with Crippen molar-refractivity contribution in [1.29, 1.82) is 0 Å². The van der Waals surface area contributed by atoms with E-state index in [0.29, 0.717) is 12.5 Å². The van der Waals surface area contributed by atoms with Gasteiger partial charge < -0.3 is 20.4 Å². The first-order chi connectivity index (χ1) is 11.3. The van der Waals surface area contributed by atoms with Gasteiger partial charge in [0.05, 0.1) is 5.69 Å². The number of piperidine rings is 1. The molecule has 23 heavy (non-hydrogen) atoms. The molecule has 1 aromatic heterocycles. The molecular formula is C18H23N3O2. The molecule has 2 aromatic rings. The van der Waals surface area contributed by atoms with Crippen molar-refractivity contribution < 1.29 is 10.2 Å². The predicted molar refractivity (Wildman–Crippen MR) is 91.7 cm³/mol. The second-order valence-electron chi connectivity index (χ2n) is 6.01. The summed E-state index contributed by atoms with van der Waals surface area (Å²) in [6, 6.07) is 11.2. The van der Waals surface area contributed by atoms with E-state index in [1.54, 1.807) is 12.1 Å². The van der Waals surface area contributed by atoms with Gasteiger partial charge in [-0.3, -0.25) is 0 Å². The summed E-state index contributed by atoms with van der Waals surface area (Å²) in [6.07, 6.45) is 3.81. The van der Waals surface area contributed by atoms with Gasteiger partial charge in [0.25, 0.3) is 0 Å². The van der Waals surface area contributed by atoms with Crippen molar-refractivity contribution in [3.05, 3.63) is 48.2 Å². The van der Waals surface area contributed by atoms with Crippen molar-refractivity contribution in [2.75, 3.05) is 29.9 Å². The molecule has 0 spiro atoms. The standard InChI is InChI=1S/C18H23N3O2/c22-13-14-6-9-21(10-7-14)18-17(5-2-8-19-18)20-12-15-3-1-4-16(23)11-15/h1-5,8,11,14,20,22-23H,6-7,9-10,12-13H2. The first kappa shape index (κ1) is 15.6. The van der Waals surface area contributed by atoms with Crippen molar-refractivity contribution in [2.24, 2.45) is 5.92 Å². The van der Waals surface area contributed by atoms with Crippen molar-refractivity contribution in [3.8, 4) is 5.75 Å². The Labute approximate surface area is 136 Å². The molecule has 1 saturated heterocycles. The predicted octanol–water partition coefficient (Wildman–Crippen LogP) is 2.61. The van der Waals surface area contributed by atoms with Crippen LogP contribution in [-0.4, -0.2) is 34.9 Å². The molecule has 0 radical (unpaired) electrons. The number of aromatic hydroxyl groups is 1. The zero-order valence-corrected chi connectivity index (χ0v) is 13.2. The number of anilines is 2. The minimum absolute atomic E-state index is 0.276. The Bertz CT molecular complexity index is 640. The van der Waals surface area contributed by atoms with Crippen LogP contribution in [0.5, 0.6) is 5.75 Å². The number of aliphatic hydroxyl groups excluding tert-OH is 1. The molecule has 1 fully saturated rings. The van der Waals surface area contributed by atoms with Crippen LogP contribution in [-0.2, 0) is 6.54 Å². The summed E-state index contributed by atoms with van der Waals surface area (Å²) in [4.78, 5) is 6.81. The summed E-state index contributed by atoms with van der Waals surface area (Å²) in [5.41, 5.74) is 2.03. The average Bonchev–Trinajstić information content (AvgIpc) is 2.60. The van der Waals surface area contributed by atoms with E-state index in [1.165, 1.54) is 0 Å². The summed E-state index contributed by atoms with van der Waals surface area (Å²) in [6.45, 7) is 2.75. The smallest absolute Gasteiger partial charge is 0.151 e. The molecule has 1 aliphatic rings. The largest absolute Gasteiger partial charge is 0.508 e. The van der Waals surface area contributed by atoms with E-state index < -0.39 is 0 Å². The Morgan fingerprint density at radius 1 is 1.17 bits per heavy atom. The molecule has 0 saturated carbocycles. The molecule has 1 aliphatic heterocycles. The van der Waals surface area contributed by atoms with Crippen LogP contribution in [0, 0.1) is 5.92 Å². The second kappa shape index (κ2) is 7.33. The Balaban J connectivity index is 1.68. The number of rotatable bonds is 5. The Morgan fingerprint density at radius 2 is 2.00 bits per heavy atom. The maximum absolute atomic E-state index is 9.55. The third-order valence-electron chi connectivity index (χ3n) is 4.35. The Hall–Kier alpha value is -2.27. The Morgan fingerprint density at radius 3 is 2.74 bits per heavy atom. The minimum Gasteiger partial charge on any atom is -0.508 e. The topological polar surface area (TPSA) is 68.6 Å². The summed E-state index contributed by atoms with van der Waals surface area (Å²) < 4.78 is 0. The summed E-state index contributed by atoms with van der Waals surface area (Å²) in [5.74, 6) is 1.66. The van der Waals surface area contributed by atoms with Gasteiger partial charge in [-0.25, -0.2) is 4.98 Å². The number of aromatic nitrogens is 1. The van der Waals surface area contributed by atoms with Gasteiger partial charge in [0.1, 0.15) is 5.75 Å². The summed E-state index contributed by atoms with van der Waals surface area (Å²) in [5, 5.41) is 22.2. The van der Waals surface area contributed by atoms with Gasteiger partial charge in [-0.05, 0) is 48.6 Å². The normalized spacial score (nSPS) is 15.6. The lowest BCUT2D eigenvalue weighted by Crippen LogP contribution is -2.35. The maximum atomic E-state index is 9.55. The first-order valence-electron chi connectivity index (χ1n) is 8.09. The van der Waals surface area contributed by atoms with Crippen LogP contribution < -0.4 is 10.2 Å². The molecule has 2 heterocycles. The van der Waals surface area contributed by atoms with E-state index in [0.717, 1.165) is 43.0 Å². The van der Waals surface area contributed by atoms with E-state index in [1.807, 2.05) is 30.5 Å². The fourth-order valence-electron chi connectivity index (χ4n) is 2.98. The highest BCUT2D eigenvalue weighted by Gasteiger charge is 2.21. The van der Waals surface area contributed by atoms with Gasteiger partial charge in [0.15, 0.2) is 5.82 Å². The molecule has 0 amide bonds. The molecular weight excluding hydrogens is 290 g/mol. The van der Waals surface area contributed by atoms with E-state index >= 15 is 0 Å². The van der Waals surface area contributed by atoms with Crippen LogP contribution in [0.25, 0.3) is 0 Å². The third-order valence-corrected chi connectivity index (χ3v) is 4.35. The monoisotopic (exact) mass is 313 g/mol. The lowest BCUT2D eigenvalue weighted by Gasteiger charge is -2.33. The number of hydrogen-bond acceptors (Lipinski definition) is 5. The van der Waals surface area contributed by atoms with Gasteiger partial charge in [0.2, 0.25) is 0 Å². The fraction of sp³-hybridized carbons (Fsp3) is 0.389. The minimum atomic E-state index is 0.276. The number of aliphatic hydroxyl groups is 1. The zero-order valence-electron chi connectivity index (χ0n) is 13.2. The van der Waals surface area contributed by atoms with E-state index in [-0.39, 0.29) is 12.4 Å². The van der Waals surface area contributed by atoms with E-state index in [2.05, 4.69) is 15.2 Å². The molecule has 0 aliphatic carbocycles. The number of hydrogen-bond donors (Lipinski definition) is 3. The van der Waals surface area contributed by atoms with E-state index in [9.17, 15) is 10.2 Å². The molecule has 5 nitrogen and oxygen atoms in total. The lowest BCUT2D eigenvalue weighted by atomic mass is 9.98. The number of phenolic OH excluding ortho intramolecular Hbond substituents is 1. The number of nitrogens with one attached hydrogen (secondary N) is 1. The van der Waals surface area contributed by atoms with E-state index in [4.69, 9.17) is 0 Å². The van der Waals surface area contributed by atoms with Crippen molar-refractivity contribution in [1.82, 2.24) is 4.98 Å². The molecule has 122 valence electrons. The van der Waals surface area contributed by atoms with Crippen molar-refractivity contribution >= 4 is 11.5 Å². The third kappa shape index (κ3) is 3.93. The van der Waals surface area contributed by atoms with Crippen LogP contribution in [0.15, 0.2) is 42.6 Å². The highest BCUT2D eigenvalue weighted by Crippen LogP contribution is 2.28. The molecule has 3 N–H and O–H groups in total. The SMILES string of the molecule is OCC1CCN(c2ncccc2NCc2cccc(O)c2)CC1. The zero-order chi connectivity index (χ0) is 16.1. The molecule has 1 aromatic carbocycles. The van der Waals surface area contributed by atoms with Crippen LogP contribution in [0.2, 0.25) is 0 Å². The Kier molecular flexibility index (Phi) is 4.98. The van der Waals surface area contributed by atoms with Crippen LogP contribution in [0.3, 0.4) is 0 Å². The van der Waals surface area contributed by atoms with Crippen LogP contribution in [0.1, 0.15) is 18.4 Å². The maximum Gasteiger partial charge on any atom is 0.151 e. The van der Waals surface area contributed by atoms with Crippen LogP contribution in [0.4, 0.5) is 11.5 Å². The first-order valence-corrected chi connectivity index (χ1v) is 8.09. The van der Waals surface area contributed by atoms with Gasteiger partial charge in [-0.2, -0.15) is 0 Å². The molecule has 5 heteroatoms. The molecule has 0 unspecified atom stereocenters. The van der Waals surface area contributed by atoms with Gasteiger partial charge in [0, 0.05) is 32.4 Å². The highest BCUT2D eigenvalue weighted by molar-refractivity contribution is 5.65. The van der Waals surface area contributed by atoms with Gasteiger partial charge in [-0.1, -0.05) is 12.1 Å². The average molecular weight is 313 g/mol. The second-order valence-corrected chi connectivity index (χ2v) is 6.01.